The summed E-state index contributed by atoms with van der Waals surface area (Å²) < 4.78 is 72.7. The van der Waals surface area contributed by atoms with Crippen molar-refractivity contribution in [1.29, 1.82) is 0 Å². The van der Waals surface area contributed by atoms with Crippen LogP contribution in [-0.4, -0.2) is 85.4 Å². The van der Waals surface area contributed by atoms with Crippen molar-refractivity contribution < 1.29 is 66.7 Å². The maximum atomic E-state index is 9.62. The highest BCUT2D eigenvalue weighted by Crippen LogP contribution is 2.44. The lowest BCUT2D eigenvalue weighted by Gasteiger charge is -2.18. The van der Waals surface area contributed by atoms with Crippen molar-refractivity contribution in [3.63, 3.8) is 0 Å². The van der Waals surface area contributed by atoms with Gasteiger partial charge in [-0.2, -0.15) is 0 Å². The fourth-order valence-electron chi connectivity index (χ4n) is 15.5. The van der Waals surface area contributed by atoms with Gasteiger partial charge in [-0.3, -0.25) is 0 Å². The maximum absolute atomic E-state index is 9.62. The predicted molar refractivity (Wildman–Crippen MR) is 616 cm³/mol. The summed E-state index contributed by atoms with van der Waals surface area (Å²) in [6, 6.07) is 61.3. The van der Waals surface area contributed by atoms with Crippen LogP contribution in [0.2, 0.25) is 0 Å². The molecule has 144 heavy (non-hydrogen) atoms. The van der Waals surface area contributed by atoms with Gasteiger partial charge < -0.3 is 98.6 Å². The molecule has 1 fully saturated rings. The minimum absolute atomic E-state index is 0.0696. The average molecular weight is 2060 g/mol. The lowest BCUT2D eigenvalue weighted by atomic mass is 10.0. The number of rotatable bonds is 29. The van der Waals surface area contributed by atoms with Crippen molar-refractivity contribution in [1.82, 2.24) is 0 Å². The van der Waals surface area contributed by atoms with E-state index in [1.807, 2.05) is 98.8 Å². The molecule has 12 aromatic carbocycles. The van der Waals surface area contributed by atoms with Crippen molar-refractivity contribution in [3.05, 3.63) is 343 Å². The molecule has 1 saturated carbocycles. The van der Waals surface area contributed by atoms with E-state index in [2.05, 4.69) is 267 Å². The van der Waals surface area contributed by atoms with Gasteiger partial charge in [-0.05, 0) is 451 Å². The van der Waals surface area contributed by atoms with Crippen LogP contribution in [0.5, 0.6) is 40.2 Å². The molecule has 0 aliphatic heterocycles. The Morgan fingerprint density at radius 1 is 0.243 bits per heavy atom. The quantitative estimate of drug-likeness (QED) is 0.0217. The van der Waals surface area contributed by atoms with Crippen molar-refractivity contribution in [2.24, 2.45) is 0 Å². The van der Waals surface area contributed by atoms with Gasteiger partial charge in [-0.25, -0.2) is 0 Å². The number of nitrogens with one attached hydrogen (secondary N) is 6. The van der Waals surface area contributed by atoms with Gasteiger partial charge in [-0.15, -0.1) is 0 Å². The molecule has 0 aromatic heterocycles. The topological polar surface area (TPSA) is 212 Å². The molecule has 0 radical (unpaired) electrons. The third-order valence-corrected chi connectivity index (χ3v) is 26.7. The molecule has 0 amide bonds. The number of aliphatic hydroxyl groups is 1. The second-order valence-corrected chi connectivity index (χ2v) is 37.8. The first-order chi connectivity index (χ1) is 68.7. The van der Waals surface area contributed by atoms with E-state index >= 15 is 0 Å². The molecule has 0 atom stereocenters. The molecule has 1 aliphatic carbocycles. The highest BCUT2D eigenvalue weighted by molar-refractivity contribution is 7.81. The van der Waals surface area contributed by atoms with Gasteiger partial charge in [0.05, 0.1) is 67.1 Å². The number of aliphatic hydroxyl groups excluding tert-OH is 1. The molecule has 0 saturated heterocycles. The summed E-state index contributed by atoms with van der Waals surface area (Å²) in [5, 5.41) is 30.2. The summed E-state index contributed by atoms with van der Waals surface area (Å²) in [6.45, 7) is 49.0. The Morgan fingerprint density at radius 3 is 0.736 bits per heavy atom. The molecule has 1 aliphatic rings. The Hall–Kier alpha value is -12.7. The summed E-state index contributed by atoms with van der Waals surface area (Å²) in [6.07, 6.45) is 3.42. The number of aryl methyl sites for hydroxylation is 21. The normalized spacial score (nSPS) is 10.9. The molecule has 13 rings (SSSR count). The molecule has 0 unspecified atom stereocenters. The Balaban J connectivity index is 0.000000211. The van der Waals surface area contributed by atoms with Crippen LogP contribution in [0, 0.1) is 138 Å². The fourth-order valence-corrected chi connectivity index (χ4v) is 16.2. The van der Waals surface area contributed by atoms with Gasteiger partial charge in [0.25, 0.3) is 31.0 Å². The highest BCUT2D eigenvalue weighted by Gasteiger charge is 2.28. The number of thiocarbonyl (C=S) groups is 6. The summed E-state index contributed by atoms with van der Waals surface area (Å²) in [5.74, 6) is 6.80. The third-order valence-electron chi connectivity index (χ3n) is 25.1. The Kier molecular flexibility index (Phi) is 46.7. The van der Waals surface area contributed by atoms with Gasteiger partial charge in [0.15, 0.2) is 0 Å². The lowest BCUT2D eigenvalue weighted by molar-refractivity contribution is 0.269. The van der Waals surface area contributed by atoms with Crippen molar-refractivity contribution >= 4 is 138 Å². The van der Waals surface area contributed by atoms with Crippen LogP contribution in [0.1, 0.15) is 194 Å². The number of ether oxygens (including phenoxy) is 13. The van der Waals surface area contributed by atoms with Crippen molar-refractivity contribution in [2.45, 2.75) is 224 Å². The van der Waals surface area contributed by atoms with Gasteiger partial charge in [0.2, 0.25) is 0 Å². The maximum Gasteiger partial charge on any atom is 0.260 e. The molecule has 26 heteroatoms. The molecule has 12 aromatic rings. The fraction of sp³-hybridized carbons (Fsp3) is 0.339. The third kappa shape index (κ3) is 34.8. The van der Waals surface area contributed by atoms with Gasteiger partial charge in [0, 0.05) is 56.3 Å². The molecular formula is C118H144N6O14S6. The first kappa shape index (κ1) is 117. The smallest absolute Gasteiger partial charge is 0.260 e. The van der Waals surface area contributed by atoms with Crippen molar-refractivity contribution in [3.8, 4) is 40.2 Å². The van der Waals surface area contributed by atoms with E-state index in [1.165, 1.54) is 111 Å². The average Bonchev–Trinajstić information content (AvgIpc) is 1.64. The zero-order chi connectivity index (χ0) is 106. The summed E-state index contributed by atoms with van der Waals surface area (Å²) in [7, 11) is 9.30. The van der Waals surface area contributed by atoms with E-state index in [9.17, 15) is 5.11 Å². The highest BCUT2D eigenvalue weighted by atomic mass is 32.1. The largest absolute Gasteiger partial charge is 0.493 e. The van der Waals surface area contributed by atoms with E-state index < -0.39 is 0 Å². The minimum atomic E-state index is -0.0696. The summed E-state index contributed by atoms with van der Waals surface area (Å²) in [5.41, 5.74) is 38.9. The second-order valence-electron chi connectivity index (χ2n) is 35.6. The second kappa shape index (κ2) is 57.7. The Morgan fingerprint density at radius 2 is 0.465 bits per heavy atom. The van der Waals surface area contributed by atoms with E-state index in [1.54, 1.807) is 28.4 Å². The SMILES string of the molecule is CCOc1cccc(NC(=S)OC)c1COc1cc(C)c(C)cc1C.CCc1cccc(NC(=S)OC)c1COc1cc(C)c(C)cc1C.COC(=S)Nc1cccc(C)c1COc1cc(C)c(C)cc1C.COC(=S)Nc1cccc(C)c1COc1cc(C)c(C)cc1C.COC(=S)Nc1cccc(C2CC2)c1COc1cc(C)c(C)cc1C.COC(=S)Nc1cccc(CO)c1COc1cc(C)c(C)cc1C. The van der Waals surface area contributed by atoms with Crippen LogP contribution in [0.15, 0.2) is 182 Å². The van der Waals surface area contributed by atoms with E-state index in [-0.39, 0.29) is 11.8 Å². The molecule has 7 N–H and O–H groups in total. The first-order valence-electron chi connectivity index (χ1n) is 47.9. The number of methoxy groups -OCH3 is 6. The van der Waals surface area contributed by atoms with Crippen LogP contribution in [0.25, 0.3) is 0 Å². The van der Waals surface area contributed by atoms with Gasteiger partial charge in [0.1, 0.15) is 79.9 Å². The van der Waals surface area contributed by atoms with Crippen LogP contribution in [0.4, 0.5) is 34.1 Å². The molecule has 0 spiro atoms. The van der Waals surface area contributed by atoms with Gasteiger partial charge in [-0.1, -0.05) is 110 Å². The first-order valence-corrected chi connectivity index (χ1v) is 50.4. The standard InChI is InChI=1S/C21H25NO2S.C20H25NO3S.C20H25NO2S.C19H23NO3S.2C19H23NO2S/c1-13-10-15(3)20(11-14(13)2)24-12-18-17(16-8-9-16)6-5-7-19(18)22-21(25)23-4;1-6-23-18-9-7-8-17(21-20(25)22-5)16(18)12-24-19-11-14(3)13(2)10-15(19)4;1-6-16-8-7-9-18(21-20(24)22-5)17(16)12-23-19-11-14(3)13(2)10-15(19)4;1-12-8-14(3)18(9-13(12)2)23-11-16-15(10-21)6-5-7-17(16)20-19(24)22-4;2*1-12-7-6-8-17(20-19(23)21-5)16(12)11-22-18-10-14(3)13(2)9-15(18)4/h5-7,10-11,16H,8-9,12H2,1-4H3,(H,22,25);7-11H,6,12H2,1-5H3,(H,21,25);7-11H,6,12H2,1-5H3,(H,21,24);5-9,21H,10-11H2,1-4H3,(H,20,24);2*6-10H,11H2,1-5H3,(H,20,23). The van der Waals surface area contributed by atoms with E-state index in [4.69, 9.17) is 135 Å². The Labute approximate surface area is 887 Å². The summed E-state index contributed by atoms with van der Waals surface area (Å²) in [4.78, 5) is 0. The lowest BCUT2D eigenvalue weighted by Crippen LogP contribution is -2.14. The number of anilines is 6. The van der Waals surface area contributed by atoms with Crippen LogP contribution >= 0.6 is 73.3 Å². The molecule has 20 nitrogen and oxygen atoms in total. The molecular weight excluding hydrogens is 1920 g/mol. The van der Waals surface area contributed by atoms with Gasteiger partial charge >= 0.3 is 0 Å². The predicted octanol–water partition coefficient (Wildman–Crippen LogP) is 29.2. The Bertz CT molecular complexity index is 6220. The monoisotopic (exact) mass is 2060 g/mol. The molecule has 0 heterocycles. The number of benzene rings is 12. The van der Waals surface area contributed by atoms with Crippen molar-refractivity contribution in [2.75, 3.05) is 81.2 Å². The number of hydrogen-bond acceptors (Lipinski definition) is 20. The van der Waals surface area contributed by atoms with E-state index in [0.29, 0.717) is 78.0 Å². The van der Waals surface area contributed by atoms with Crippen LogP contribution in [0.3, 0.4) is 0 Å². The van der Waals surface area contributed by atoms with Crippen LogP contribution in [-0.2, 0) is 81.1 Å². The zero-order valence-electron chi connectivity index (χ0n) is 88.9. The summed E-state index contributed by atoms with van der Waals surface area (Å²) >= 11 is 30.7. The molecule has 766 valence electrons. The van der Waals surface area contributed by atoms with E-state index in [0.717, 1.165) is 159 Å². The number of hydrogen-bond donors (Lipinski definition) is 7. The molecule has 0 bridgehead atoms. The minimum Gasteiger partial charge on any atom is -0.493 e. The van der Waals surface area contributed by atoms with Crippen LogP contribution < -0.4 is 65.1 Å². The zero-order valence-corrected chi connectivity index (χ0v) is 93.8.